The molecule has 15 heavy (non-hydrogen) atoms. The van der Waals surface area contributed by atoms with Gasteiger partial charge in [-0.2, -0.15) is 0 Å². The normalized spacial score (nSPS) is 10.7. The lowest BCUT2D eigenvalue weighted by molar-refractivity contribution is 0.0983. The summed E-state index contributed by atoms with van der Waals surface area (Å²) in [6.07, 6.45) is 0.266. The highest BCUT2D eigenvalue weighted by Crippen LogP contribution is 2.32. The van der Waals surface area contributed by atoms with Crippen molar-refractivity contribution in [1.29, 1.82) is 0 Å². The van der Waals surface area contributed by atoms with Gasteiger partial charge in [0.15, 0.2) is 5.78 Å². The molecule has 3 nitrogen and oxygen atoms in total. The number of benzene rings is 1. The molecule has 0 spiro atoms. The van der Waals surface area contributed by atoms with Gasteiger partial charge in [0.1, 0.15) is 17.1 Å². The molecule has 0 aliphatic heterocycles. The van der Waals surface area contributed by atoms with Crippen molar-refractivity contribution < 1.29 is 15.0 Å². The van der Waals surface area contributed by atoms with E-state index in [1.54, 1.807) is 6.92 Å². The van der Waals surface area contributed by atoms with Crippen LogP contribution in [-0.4, -0.2) is 16.0 Å². The predicted octanol–water partition coefficient (Wildman–Crippen LogP) is 2.81. The number of Topliss-reactive ketones (excluding diaryl/α,β-unsaturated/α-hetero) is 1. The van der Waals surface area contributed by atoms with Gasteiger partial charge in [-0.05, 0) is 23.6 Å². The topological polar surface area (TPSA) is 57.5 Å². The lowest BCUT2D eigenvalue weighted by Crippen LogP contribution is -1.99. The summed E-state index contributed by atoms with van der Waals surface area (Å²) in [7, 11) is 0. The fourth-order valence-electron chi connectivity index (χ4n) is 1.43. The minimum atomic E-state index is -0.250. The van der Waals surface area contributed by atoms with Gasteiger partial charge in [-0.15, -0.1) is 0 Å². The molecule has 0 amide bonds. The number of carbonyl (C=O) groups excluding carboxylic acids is 1. The van der Waals surface area contributed by atoms with E-state index in [2.05, 4.69) is 0 Å². The van der Waals surface area contributed by atoms with Crippen LogP contribution in [0.5, 0.6) is 11.5 Å². The van der Waals surface area contributed by atoms with E-state index < -0.39 is 0 Å². The fraction of sp³-hybridized carbons (Fsp3) is 0.417. The van der Waals surface area contributed by atoms with Crippen LogP contribution in [0, 0.1) is 0 Å². The average Bonchev–Trinajstić information content (AvgIpc) is 2.16. The minimum absolute atomic E-state index is 0.0295. The first-order chi connectivity index (χ1) is 6.97. The Hall–Kier alpha value is -1.51. The van der Waals surface area contributed by atoms with E-state index >= 15 is 0 Å². The van der Waals surface area contributed by atoms with Crippen LogP contribution in [0.3, 0.4) is 0 Å². The number of ketones is 1. The molecule has 0 aliphatic carbocycles. The Morgan fingerprint density at radius 1 is 1.27 bits per heavy atom. The summed E-state index contributed by atoms with van der Waals surface area (Å²) in [5, 5.41) is 19.3. The number of phenolic OH excluding ortho intramolecular Hbond substituents is 2. The maximum absolute atomic E-state index is 11.4. The Kier molecular flexibility index (Phi) is 3.35. The molecule has 0 unspecified atom stereocenters. The van der Waals surface area contributed by atoms with Crippen LogP contribution < -0.4 is 0 Å². The first-order valence-corrected chi connectivity index (χ1v) is 5.06. The number of hydrogen-bond acceptors (Lipinski definition) is 3. The van der Waals surface area contributed by atoms with E-state index in [0.717, 1.165) is 5.56 Å². The largest absolute Gasteiger partial charge is 0.507 e. The number of rotatable bonds is 3. The SMILES string of the molecule is CCC(=O)c1c(O)cc(C(C)C)cc1O. The van der Waals surface area contributed by atoms with Gasteiger partial charge in [-0.3, -0.25) is 4.79 Å². The van der Waals surface area contributed by atoms with Crippen molar-refractivity contribution >= 4 is 5.78 Å². The summed E-state index contributed by atoms with van der Waals surface area (Å²) in [5.41, 5.74) is 0.847. The van der Waals surface area contributed by atoms with Gasteiger partial charge < -0.3 is 10.2 Å². The molecule has 0 fully saturated rings. The van der Waals surface area contributed by atoms with Crippen LogP contribution >= 0.6 is 0 Å². The fourth-order valence-corrected chi connectivity index (χ4v) is 1.43. The van der Waals surface area contributed by atoms with Gasteiger partial charge in [0, 0.05) is 6.42 Å². The van der Waals surface area contributed by atoms with E-state index in [1.807, 2.05) is 13.8 Å². The second-order valence-electron chi connectivity index (χ2n) is 3.87. The van der Waals surface area contributed by atoms with Crippen molar-refractivity contribution in [3.63, 3.8) is 0 Å². The molecule has 82 valence electrons. The number of hydrogen-bond donors (Lipinski definition) is 2. The summed E-state index contributed by atoms with van der Waals surface area (Å²) >= 11 is 0. The highest BCUT2D eigenvalue weighted by atomic mass is 16.3. The van der Waals surface area contributed by atoms with Crippen LogP contribution in [0.15, 0.2) is 12.1 Å². The van der Waals surface area contributed by atoms with Gasteiger partial charge in [0.05, 0.1) is 0 Å². The zero-order valence-corrected chi connectivity index (χ0v) is 9.24. The molecule has 0 bridgehead atoms. The van der Waals surface area contributed by atoms with Crippen LogP contribution in [0.2, 0.25) is 0 Å². The first kappa shape index (κ1) is 11.6. The van der Waals surface area contributed by atoms with E-state index in [0.29, 0.717) is 0 Å². The summed E-state index contributed by atoms with van der Waals surface area (Å²) in [5.74, 6) is -0.316. The molecule has 1 rings (SSSR count). The van der Waals surface area contributed by atoms with Crippen molar-refractivity contribution in [2.75, 3.05) is 0 Å². The van der Waals surface area contributed by atoms with E-state index in [1.165, 1.54) is 12.1 Å². The zero-order chi connectivity index (χ0) is 11.6. The van der Waals surface area contributed by atoms with E-state index in [9.17, 15) is 15.0 Å². The summed E-state index contributed by atoms with van der Waals surface area (Å²) in [6.45, 7) is 5.60. The van der Waals surface area contributed by atoms with Crippen molar-refractivity contribution in [3.8, 4) is 11.5 Å². The molecule has 0 atom stereocenters. The van der Waals surface area contributed by atoms with Gasteiger partial charge in [-0.1, -0.05) is 20.8 Å². The second kappa shape index (κ2) is 4.34. The third kappa shape index (κ3) is 2.29. The lowest BCUT2D eigenvalue weighted by Gasteiger charge is -2.10. The highest BCUT2D eigenvalue weighted by Gasteiger charge is 2.16. The summed E-state index contributed by atoms with van der Waals surface area (Å²) in [4.78, 5) is 11.4. The third-order valence-corrected chi connectivity index (χ3v) is 2.39. The smallest absolute Gasteiger partial charge is 0.170 e. The van der Waals surface area contributed by atoms with E-state index in [4.69, 9.17) is 0 Å². The molecule has 0 radical (unpaired) electrons. The zero-order valence-electron chi connectivity index (χ0n) is 9.24. The Balaban J connectivity index is 3.27. The molecule has 0 heterocycles. The Labute approximate surface area is 89.4 Å². The quantitative estimate of drug-likeness (QED) is 0.751. The van der Waals surface area contributed by atoms with Gasteiger partial charge in [0.2, 0.25) is 0 Å². The molecular weight excluding hydrogens is 192 g/mol. The maximum Gasteiger partial charge on any atom is 0.170 e. The maximum atomic E-state index is 11.4. The molecular formula is C12H16O3. The van der Waals surface area contributed by atoms with Crippen molar-refractivity contribution in [3.05, 3.63) is 23.3 Å². The van der Waals surface area contributed by atoms with Crippen LogP contribution in [0.25, 0.3) is 0 Å². The number of phenols is 2. The van der Waals surface area contributed by atoms with Gasteiger partial charge in [-0.25, -0.2) is 0 Å². The Morgan fingerprint density at radius 3 is 2.07 bits per heavy atom. The Bertz CT molecular complexity index is 357. The number of carbonyl (C=O) groups is 1. The van der Waals surface area contributed by atoms with Gasteiger partial charge >= 0.3 is 0 Å². The first-order valence-electron chi connectivity index (χ1n) is 5.06. The monoisotopic (exact) mass is 208 g/mol. The van der Waals surface area contributed by atoms with E-state index in [-0.39, 0.29) is 35.2 Å². The molecule has 0 saturated heterocycles. The summed E-state index contributed by atoms with van der Waals surface area (Å²) < 4.78 is 0. The second-order valence-corrected chi connectivity index (χ2v) is 3.87. The predicted molar refractivity (Wildman–Crippen MR) is 58.5 cm³/mol. The molecule has 3 heteroatoms. The molecule has 2 N–H and O–H groups in total. The standard InChI is InChI=1S/C12H16O3/c1-4-9(13)12-10(14)5-8(7(2)3)6-11(12)15/h5-7,14-15H,4H2,1-3H3. The van der Waals surface area contributed by atoms with Crippen molar-refractivity contribution in [2.45, 2.75) is 33.1 Å². The van der Waals surface area contributed by atoms with Crippen LogP contribution in [0.1, 0.15) is 49.0 Å². The van der Waals surface area contributed by atoms with Crippen molar-refractivity contribution in [2.24, 2.45) is 0 Å². The van der Waals surface area contributed by atoms with Gasteiger partial charge in [0.25, 0.3) is 0 Å². The molecule has 0 aliphatic rings. The third-order valence-electron chi connectivity index (χ3n) is 2.39. The molecule has 0 saturated carbocycles. The highest BCUT2D eigenvalue weighted by molar-refractivity contribution is 6.01. The molecule has 0 aromatic heterocycles. The molecule has 1 aromatic carbocycles. The average molecular weight is 208 g/mol. The van der Waals surface area contributed by atoms with Crippen LogP contribution in [0.4, 0.5) is 0 Å². The number of aromatic hydroxyl groups is 2. The molecule has 1 aromatic rings. The van der Waals surface area contributed by atoms with Crippen molar-refractivity contribution in [1.82, 2.24) is 0 Å². The van der Waals surface area contributed by atoms with Crippen LogP contribution in [-0.2, 0) is 0 Å². The lowest BCUT2D eigenvalue weighted by atomic mass is 9.98. The Morgan fingerprint density at radius 2 is 1.73 bits per heavy atom. The summed E-state index contributed by atoms with van der Waals surface area (Å²) in [6, 6.07) is 3.07. The minimum Gasteiger partial charge on any atom is -0.507 e.